The van der Waals surface area contributed by atoms with Crippen LogP contribution in [-0.4, -0.2) is 66.9 Å². The van der Waals surface area contributed by atoms with Gasteiger partial charge in [-0.3, -0.25) is 14.7 Å². The van der Waals surface area contributed by atoms with Gasteiger partial charge in [-0.15, -0.1) is 0 Å². The van der Waals surface area contributed by atoms with Gasteiger partial charge >= 0.3 is 12.2 Å². The van der Waals surface area contributed by atoms with Crippen LogP contribution in [0, 0.1) is 4.77 Å². The summed E-state index contributed by atoms with van der Waals surface area (Å²) >= 11 is 5.42. The molecular weight excluding hydrogens is 458 g/mol. The van der Waals surface area contributed by atoms with E-state index in [4.69, 9.17) is 17.0 Å². The van der Waals surface area contributed by atoms with E-state index in [1.807, 2.05) is 24.3 Å². The summed E-state index contributed by atoms with van der Waals surface area (Å²) in [5, 5.41) is 9.88. The van der Waals surface area contributed by atoms with E-state index in [1.54, 1.807) is 42.5 Å². The zero-order valence-electron chi connectivity index (χ0n) is 19.2. The summed E-state index contributed by atoms with van der Waals surface area (Å²) in [6.45, 7) is 6.26. The van der Waals surface area contributed by atoms with Gasteiger partial charge in [0.1, 0.15) is 11.1 Å². The van der Waals surface area contributed by atoms with Crippen LogP contribution in [0.5, 0.6) is 0 Å². The fourth-order valence-electron chi connectivity index (χ4n) is 4.21. The van der Waals surface area contributed by atoms with Crippen LogP contribution in [0.4, 0.5) is 9.59 Å². The number of piperazine rings is 1. The Bertz CT molecular complexity index is 1350. The van der Waals surface area contributed by atoms with Crippen molar-refractivity contribution in [2.24, 2.45) is 0 Å². The number of nitrogens with one attached hydrogen (secondary N) is 2. The first-order valence-electron chi connectivity index (χ1n) is 10.9. The van der Waals surface area contributed by atoms with Crippen molar-refractivity contribution in [1.82, 2.24) is 24.3 Å². The number of hydrogen-bond donors (Lipinski definition) is 3. The number of ether oxygens (including phenoxy) is 1. The molecule has 1 fully saturated rings. The molecule has 4 rings (SSSR count). The molecule has 1 aliphatic heterocycles. The molecule has 1 unspecified atom stereocenters. The lowest BCUT2D eigenvalue weighted by Crippen LogP contribution is -2.53. The first-order chi connectivity index (χ1) is 16.0. The summed E-state index contributed by atoms with van der Waals surface area (Å²) in [7, 11) is 0. The second-order valence-electron chi connectivity index (χ2n) is 9.20. The van der Waals surface area contributed by atoms with E-state index in [0.29, 0.717) is 17.6 Å². The second-order valence-corrected chi connectivity index (χ2v) is 9.59. The Kier molecular flexibility index (Phi) is 6.22. The molecule has 11 heteroatoms. The molecule has 0 spiro atoms. The van der Waals surface area contributed by atoms with Crippen LogP contribution in [0.15, 0.2) is 41.3 Å². The largest absolute Gasteiger partial charge is 0.465 e. The van der Waals surface area contributed by atoms with E-state index in [1.165, 1.54) is 4.90 Å². The van der Waals surface area contributed by atoms with Gasteiger partial charge in [-0.1, -0.05) is 24.3 Å². The molecule has 180 valence electrons. The minimum Gasteiger partial charge on any atom is -0.465 e. The zero-order valence-corrected chi connectivity index (χ0v) is 20.0. The normalized spacial score (nSPS) is 16.6. The number of amides is 2. The highest BCUT2D eigenvalue weighted by Gasteiger charge is 2.36. The number of carbonyl (C=O) groups excluding carboxylic acids is 1. The molecule has 2 amide bonds. The average Bonchev–Trinajstić information content (AvgIpc) is 3.26. The van der Waals surface area contributed by atoms with Crippen LogP contribution in [0.3, 0.4) is 0 Å². The number of carbonyl (C=O) groups is 2. The topological polar surface area (TPSA) is 124 Å². The molecule has 2 aromatic heterocycles. The van der Waals surface area contributed by atoms with E-state index in [0.717, 1.165) is 11.1 Å². The minimum absolute atomic E-state index is 0.160. The number of H-pyrrole nitrogens is 2. The summed E-state index contributed by atoms with van der Waals surface area (Å²) in [4.78, 5) is 45.5. The highest BCUT2D eigenvalue weighted by atomic mass is 32.1. The molecular formula is C23H27N5O5S. The maximum atomic E-state index is 12.7. The third kappa shape index (κ3) is 4.69. The van der Waals surface area contributed by atoms with E-state index < -0.39 is 23.8 Å². The maximum Gasteiger partial charge on any atom is 0.410 e. The minimum atomic E-state index is -1.06. The van der Waals surface area contributed by atoms with E-state index in [2.05, 4.69) is 9.97 Å². The standard InChI is InChI=1S/C23H27N5O5S/c1-23(2,3)33-22(32)26-10-11-27(21(30)31)17(13-26)15-7-5-4-6-14(15)12-28-16-8-9-24-18(16)19(29)25-20(28)34/h4-9,17,24H,10-13H2,1-3H3,(H,30,31)(H,25,29,34). The number of fused-ring (bicyclic) bond motifs is 1. The summed E-state index contributed by atoms with van der Waals surface area (Å²) in [5.74, 6) is 0. The summed E-state index contributed by atoms with van der Waals surface area (Å²) in [5.41, 5.74) is 1.69. The van der Waals surface area contributed by atoms with Crippen molar-refractivity contribution in [1.29, 1.82) is 0 Å². The molecule has 3 heterocycles. The third-order valence-electron chi connectivity index (χ3n) is 5.73. The molecule has 1 atom stereocenters. The molecule has 34 heavy (non-hydrogen) atoms. The number of benzene rings is 1. The number of nitrogens with zero attached hydrogens (tertiary/aromatic N) is 3. The average molecular weight is 486 g/mol. The Morgan fingerprint density at radius 2 is 1.94 bits per heavy atom. The van der Waals surface area contributed by atoms with Crippen molar-refractivity contribution in [2.45, 2.75) is 39.0 Å². The summed E-state index contributed by atoms with van der Waals surface area (Å²) in [6, 6.07) is 8.64. The number of rotatable bonds is 3. The van der Waals surface area contributed by atoms with Gasteiger partial charge in [0.15, 0.2) is 4.77 Å². The van der Waals surface area contributed by atoms with Gasteiger partial charge in [0.25, 0.3) is 5.56 Å². The molecule has 0 saturated carbocycles. The summed E-state index contributed by atoms with van der Waals surface area (Å²) < 4.78 is 7.57. The molecule has 0 bridgehead atoms. The molecule has 0 aliphatic carbocycles. The summed E-state index contributed by atoms with van der Waals surface area (Å²) in [6.07, 6.45) is 0.137. The van der Waals surface area contributed by atoms with Crippen molar-refractivity contribution >= 4 is 35.4 Å². The second kappa shape index (κ2) is 8.98. The smallest absolute Gasteiger partial charge is 0.410 e. The van der Waals surface area contributed by atoms with Crippen LogP contribution in [0.25, 0.3) is 11.0 Å². The Hall–Kier alpha value is -3.60. The fraction of sp³-hybridized carbons (Fsp3) is 0.391. The van der Waals surface area contributed by atoms with Crippen LogP contribution in [0.1, 0.15) is 37.9 Å². The van der Waals surface area contributed by atoms with Crippen molar-refractivity contribution in [3.63, 3.8) is 0 Å². The van der Waals surface area contributed by atoms with E-state index in [-0.39, 0.29) is 30.0 Å². The molecule has 3 aromatic rings. The molecule has 1 aliphatic rings. The zero-order chi connectivity index (χ0) is 24.6. The molecule has 3 N–H and O–H groups in total. The van der Waals surface area contributed by atoms with Gasteiger partial charge in [-0.2, -0.15) is 0 Å². The van der Waals surface area contributed by atoms with Gasteiger partial charge < -0.3 is 24.3 Å². The Morgan fingerprint density at radius 1 is 1.21 bits per heavy atom. The lowest BCUT2D eigenvalue weighted by molar-refractivity contribution is 0.00500. The molecule has 1 saturated heterocycles. The molecule has 0 radical (unpaired) electrons. The van der Waals surface area contributed by atoms with Crippen molar-refractivity contribution in [3.8, 4) is 0 Å². The van der Waals surface area contributed by atoms with Gasteiger partial charge in [0.2, 0.25) is 0 Å². The Balaban J connectivity index is 1.72. The Morgan fingerprint density at radius 3 is 2.65 bits per heavy atom. The van der Waals surface area contributed by atoms with Crippen molar-refractivity contribution in [2.75, 3.05) is 19.6 Å². The SMILES string of the molecule is CC(C)(C)OC(=O)N1CCN(C(=O)O)C(c2ccccc2Cn2c(=S)[nH]c(=O)c3[nH]ccc32)C1. The van der Waals surface area contributed by atoms with Gasteiger partial charge in [-0.25, -0.2) is 9.59 Å². The number of hydrogen-bond acceptors (Lipinski definition) is 5. The van der Waals surface area contributed by atoms with Crippen LogP contribution >= 0.6 is 12.2 Å². The predicted molar refractivity (Wildman–Crippen MR) is 129 cm³/mol. The first-order valence-corrected chi connectivity index (χ1v) is 11.3. The highest BCUT2D eigenvalue weighted by Crippen LogP contribution is 2.30. The van der Waals surface area contributed by atoms with Gasteiger partial charge in [-0.05, 0) is 50.2 Å². The predicted octanol–water partition coefficient (Wildman–Crippen LogP) is 3.71. The van der Waals surface area contributed by atoms with E-state index in [9.17, 15) is 19.5 Å². The van der Waals surface area contributed by atoms with Crippen LogP contribution in [0.2, 0.25) is 0 Å². The van der Waals surface area contributed by atoms with Crippen molar-refractivity contribution < 1.29 is 19.4 Å². The highest BCUT2D eigenvalue weighted by molar-refractivity contribution is 7.71. The van der Waals surface area contributed by atoms with Crippen LogP contribution in [-0.2, 0) is 11.3 Å². The molecule has 1 aromatic carbocycles. The fourth-order valence-corrected chi connectivity index (χ4v) is 4.46. The van der Waals surface area contributed by atoms with E-state index >= 15 is 0 Å². The Labute approximate surface area is 200 Å². The quantitative estimate of drug-likeness (QED) is 0.486. The molecule has 10 nitrogen and oxygen atoms in total. The monoisotopic (exact) mass is 485 g/mol. The lowest BCUT2D eigenvalue weighted by atomic mass is 9.97. The van der Waals surface area contributed by atoms with Crippen LogP contribution < -0.4 is 5.56 Å². The van der Waals surface area contributed by atoms with Gasteiger partial charge in [0, 0.05) is 25.8 Å². The van der Waals surface area contributed by atoms with Crippen molar-refractivity contribution in [3.05, 3.63) is 62.8 Å². The lowest BCUT2D eigenvalue weighted by Gasteiger charge is -2.41. The van der Waals surface area contributed by atoms with Gasteiger partial charge in [0.05, 0.1) is 18.1 Å². The first kappa shape index (κ1) is 23.6. The number of carboxylic acid groups (broad SMARTS) is 1. The number of aromatic amines is 2. The maximum absolute atomic E-state index is 12.7. The third-order valence-corrected chi connectivity index (χ3v) is 6.05. The number of aromatic nitrogens is 3.